The Morgan fingerprint density at radius 3 is 0.591 bits per heavy atom. The molecule has 5 nitrogen and oxygen atoms in total. The van der Waals surface area contributed by atoms with Gasteiger partial charge in [-0.1, -0.05) is 0 Å². The summed E-state index contributed by atoms with van der Waals surface area (Å²) < 4.78 is 0. The number of hydrogen-bond donors (Lipinski definition) is 5. The quantitative estimate of drug-likeness (QED) is 0.512. The van der Waals surface area contributed by atoms with E-state index < -0.39 is 6.10 Å². The molecule has 0 heterocycles. The third-order valence-corrected chi connectivity index (χ3v) is 0.521. The zero-order chi connectivity index (χ0) is 20.4. The van der Waals surface area contributed by atoms with Crippen LogP contribution >= 0.6 is 0 Å². The number of aliphatic hydroxyl groups is 5. The molecule has 0 bridgehead atoms. The van der Waals surface area contributed by atoms with Crippen LogP contribution in [0.1, 0.15) is 0 Å². The molecule has 0 amide bonds. The molecule has 0 spiro atoms. The molecule has 0 rings (SSSR count). The minimum absolute atomic E-state index is 0.125. The van der Waals surface area contributed by atoms with Crippen molar-refractivity contribution >= 4 is 0 Å². The topological polar surface area (TPSA) is 101 Å². The van der Waals surface area contributed by atoms with Gasteiger partial charge in [0.25, 0.3) is 0 Å². The molecule has 0 fully saturated rings. The van der Waals surface area contributed by atoms with Crippen molar-refractivity contribution in [1.82, 2.24) is 0 Å². The Bertz CT molecular complexity index is 91.7. The lowest BCUT2D eigenvalue weighted by Crippen LogP contribution is -2.15. The zero-order valence-electron chi connectivity index (χ0n) is 14.1. The van der Waals surface area contributed by atoms with Crippen LogP contribution in [0.4, 0.5) is 0 Å². The van der Waals surface area contributed by atoms with Gasteiger partial charge < -0.3 is 25.5 Å². The standard InChI is InChI=1S/C3H8O3.C2H6O2.6C2H4/c4-1-3(6)2-5;3-1-2-4;6*1-2/h3-6H,1-2H2;3-4H,1-2H2;6*1-2H2. The van der Waals surface area contributed by atoms with E-state index in [0.717, 1.165) is 0 Å². The third-order valence-electron chi connectivity index (χ3n) is 0.521. The second-order valence-electron chi connectivity index (χ2n) is 1.47. The van der Waals surface area contributed by atoms with Crippen LogP contribution in [0.3, 0.4) is 0 Å². The molecule has 0 aromatic heterocycles. The lowest BCUT2D eigenvalue weighted by atomic mass is 10.4. The first kappa shape index (κ1) is 50.0. The van der Waals surface area contributed by atoms with Crippen LogP contribution in [0.2, 0.25) is 0 Å². The van der Waals surface area contributed by atoms with Crippen molar-refractivity contribution in [3.63, 3.8) is 0 Å². The second-order valence-corrected chi connectivity index (χ2v) is 1.47. The van der Waals surface area contributed by atoms with E-state index in [4.69, 9.17) is 25.5 Å². The maximum Gasteiger partial charge on any atom is 0.100 e. The summed E-state index contributed by atoms with van der Waals surface area (Å²) in [6.07, 6.45) is -0.954. The first-order valence-corrected chi connectivity index (χ1v) is 5.84. The van der Waals surface area contributed by atoms with Gasteiger partial charge in [-0.3, -0.25) is 0 Å². The van der Waals surface area contributed by atoms with E-state index in [1.165, 1.54) is 0 Å². The Labute approximate surface area is 137 Å². The Balaban J connectivity index is -0.0000000182. The smallest absolute Gasteiger partial charge is 0.100 e. The SMILES string of the molecule is C=C.C=C.C=C.C=C.C=C.C=C.OCC(O)CO.OCCO. The summed E-state index contributed by atoms with van der Waals surface area (Å²) in [7, 11) is 0. The van der Waals surface area contributed by atoms with Crippen LogP contribution in [0, 0.1) is 0 Å². The average Bonchev–Trinajstić information content (AvgIpc) is 2.70. The van der Waals surface area contributed by atoms with Gasteiger partial charge in [0, 0.05) is 0 Å². The predicted octanol–water partition coefficient (Wildman–Crippen LogP) is 2.12. The minimum atomic E-state index is -0.954. The number of aliphatic hydroxyl groups excluding tert-OH is 5. The van der Waals surface area contributed by atoms with E-state index >= 15 is 0 Å². The number of hydrogen-bond acceptors (Lipinski definition) is 5. The predicted molar refractivity (Wildman–Crippen MR) is 102 cm³/mol. The molecule has 136 valence electrons. The molecule has 0 unspecified atom stereocenters. The van der Waals surface area contributed by atoms with Crippen molar-refractivity contribution in [2.75, 3.05) is 26.4 Å². The zero-order valence-corrected chi connectivity index (χ0v) is 14.1. The van der Waals surface area contributed by atoms with Crippen molar-refractivity contribution < 1.29 is 25.5 Å². The van der Waals surface area contributed by atoms with Gasteiger partial charge >= 0.3 is 0 Å². The van der Waals surface area contributed by atoms with E-state index in [0.29, 0.717) is 0 Å². The van der Waals surface area contributed by atoms with Gasteiger partial charge in [-0.2, -0.15) is 0 Å². The largest absolute Gasteiger partial charge is 0.394 e. The lowest BCUT2D eigenvalue weighted by Gasteiger charge is -1.96. The van der Waals surface area contributed by atoms with Crippen LogP contribution in [-0.4, -0.2) is 58.1 Å². The van der Waals surface area contributed by atoms with Crippen molar-refractivity contribution in [3.05, 3.63) is 78.9 Å². The molecule has 0 aliphatic carbocycles. The fraction of sp³-hybridized carbons (Fsp3) is 0.294. The van der Waals surface area contributed by atoms with Crippen molar-refractivity contribution in [2.24, 2.45) is 0 Å². The molecule has 0 radical (unpaired) electrons. The lowest BCUT2D eigenvalue weighted by molar-refractivity contribution is 0.0450. The molecule has 0 aliphatic heterocycles. The summed E-state index contributed by atoms with van der Waals surface area (Å²) in [6, 6.07) is 0. The molecule has 0 aromatic rings. The molecule has 5 heteroatoms. The molecule has 0 atom stereocenters. The van der Waals surface area contributed by atoms with E-state index in [-0.39, 0.29) is 26.4 Å². The highest BCUT2D eigenvalue weighted by Gasteiger charge is 1.93. The van der Waals surface area contributed by atoms with E-state index in [1.54, 1.807) is 0 Å². The molecule has 5 N–H and O–H groups in total. The van der Waals surface area contributed by atoms with Crippen LogP contribution in [0.5, 0.6) is 0 Å². The summed E-state index contributed by atoms with van der Waals surface area (Å²) in [4.78, 5) is 0. The monoisotopic (exact) mass is 322 g/mol. The van der Waals surface area contributed by atoms with Crippen molar-refractivity contribution in [1.29, 1.82) is 0 Å². The Kier molecular flexibility index (Phi) is 530. The summed E-state index contributed by atoms with van der Waals surface area (Å²) in [5.41, 5.74) is 0. The van der Waals surface area contributed by atoms with E-state index in [9.17, 15) is 0 Å². The fourth-order valence-corrected chi connectivity index (χ4v) is 0.0577. The van der Waals surface area contributed by atoms with Crippen molar-refractivity contribution in [2.45, 2.75) is 6.10 Å². The van der Waals surface area contributed by atoms with Gasteiger partial charge in [0.15, 0.2) is 0 Å². The van der Waals surface area contributed by atoms with Crippen LogP contribution in [-0.2, 0) is 0 Å². The molecular formula is C17H38O5. The summed E-state index contributed by atoms with van der Waals surface area (Å²) in [5, 5.41) is 39.3. The summed E-state index contributed by atoms with van der Waals surface area (Å²) in [6.45, 7) is 35.0. The number of rotatable bonds is 3. The molecule has 0 aliphatic rings. The highest BCUT2D eigenvalue weighted by Crippen LogP contribution is 1.71. The van der Waals surface area contributed by atoms with Crippen LogP contribution < -0.4 is 0 Å². The second kappa shape index (κ2) is 233. The van der Waals surface area contributed by atoms with Gasteiger partial charge in [0.05, 0.1) is 26.4 Å². The van der Waals surface area contributed by atoms with Gasteiger partial charge in [0.1, 0.15) is 6.10 Å². The average molecular weight is 322 g/mol. The highest BCUT2D eigenvalue weighted by molar-refractivity contribution is 4.44. The maximum absolute atomic E-state index is 8.17. The van der Waals surface area contributed by atoms with Crippen LogP contribution in [0.15, 0.2) is 78.9 Å². The summed E-state index contributed by atoms with van der Waals surface area (Å²) in [5.74, 6) is 0. The Hall–Kier alpha value is -1.76. The molecule has 0 saturated carbocycles. The first-order valence-electron chi connectivity index (χ1n) is 5.84. The molecule has 0 aromatic carbocycles. The molecular weight excluding hydrogens is 284 g/mol. The Morgan fingerprint density at radius 2 is 0.591 bits per heavy atom. The molecule has 0 saturated heterocycles. The minimum Gasteiger partial charge on any atom is -0.394 e. The maximum atomic E-state index is 8.17. The van der Waals surface area contributed by atoms with Crippen LogP contribution in [0.25, 0.3) is 0 Å². The van der Waals surface area contributed by atoms with E-state index in [2.05, 4.69) is 78.9 Å². The van der Waals surface area contributed by atoms with Gasteiger partial charge in [-0.25, -0.2) is 0 Å². The first-order chi connectivity index (χ1) is 10.7. The highest BCUT2D eigenvalue weighted by atomic mass is 16.3. The molecule has 22 heavy (non-hydrogen) atoms. The van der Waals surface area contributed by atoms with Gasteiger partial charge in [-0.15, -0.1) is 78.9 Å². The van der Waals surface area contributed by atoms with E-state index in [1.807, 2.05) is 0 Å². The van der Waals surface area contributed by atoms with Crippen molar-refractivity contribution in [3.8, 4) is 0 Å². The normalized spacial score (nSPS) is 5.18. The summed E-state index contributed by atoms with van der Waals surface area (Å²) >= 11 is 0. The fourth-order valence-electron chi connectivity index (χ4n) is 0.0577. The third kappa shape index (κ3) is 516. The van der Waals surface area contributed by atoms with Gasteiger partial charge in [0.2, 0.25) is 0 Å². The van der Waals surface area contributed by atoms with Gasteiger partial charge in [-0.05, 0) is 0 Å². The Morgan fingerprint density at radius 1 is 0.455 bits per heavy atom.